The van der Waals surface area contributed by atoms with Gasteiger partial charge in [-0.15, -0.1) is 0 Å². The van der Waals surface area contributed by atoms with E-state index in [-0.39, 0.29) is 23.4 Å². The van der Waals surface area contributed by atoms with Crippen LogP contribution in [0, 0.1) is 10.1 Å². The van der Waals surface area contributed by atoms with Gasteiger partial charge in [-0.25, -0.2) is 4.79 Å². The molecule has 0 spiro atoms. The normalized spacial score (nSPS) is 10.8. The molecule has 1 amide bonds. The van der Waals surface area contributed by atoms with E-state index in [1.54, 1.807) is 18.2 Å². The predicted molar refractivity (Wildman–Crippen MR) is 102 cm³/mol. The van der Waals surface area contributed by atoms with Crippen LogP contribution in [-0.4, -0.2) is 10.8 Å². The van der Waals surface area contributed by atoms with E-state index in [0.29, 0.717) is 11.3 Å². The van der Waals surface area contributed by atoms with Crippen LogP contribution >= 0.6 is 0 Å². The third kappa shape index (κ3) is 4.01. The number of amides is 1. The monoisotopic (exact) mass is 382 g/mol. The van der Waals surface area contributed by atoms with Crippen LogP contribution in [0.3, 0.4) is 0 Å². The maximum Gasteiger partial charge on any atom is 0.336 e. The Labute approximate surface area is 159 Å². The zero-order valence-corrected chi connectivity index (χ0v) is 15.1. The molecule has 0 saturated heterocycles. The summed E-state index contributed by atoms with van der Waals surface area (Å²) in [6.45, 7) is 1.92. The molecule has 3 aromatic rings. The first-order valence-electron chi connectivity index (χ1n) is 8.65. The minimum Gasteiger partial charge on any atom is -0.489 e. The van der Waals surface area contributed by atoms with Crippen molar-refractivity contribution in [2.24, 2.45) is 5.73 Å². The van der Waals surface area contributed by atoms with Gasteiger partial charge >= 0.3 is 5.63 Å². The number of carbonyl (C=O) groups excluding carboxylic acids is 1. The van der Waals surface area contributed by atoms with E-state index in [9.17, 15) is 19.7 Å². The number of carbonyl (C=O) groups is 1. The number of nitro groups is 1. The summed E-state index contributed by atoms with van der Waals surface area (Å²) < 4.78 is 10.9. The Morgan fingerprint density at radius 1 is 1.18 bits per heavy atom. The first-order valence-corrected chi connectivity index (χ1v) is 8.65. The van der Waals surface area contributed by atoms with Crippen LogP contribution < -0.4 is 16.1 Å². The van der Waals surface area contributed by atoms with Gasteiger partial charge in [0.1, 0.15) is 17.9 Å². The SMILES string of the molecule is CCCc1cc(=O)oc2cc(OCc3ccc(C(N)=O)cc3[N+](=O)[O-])ccc12. The Kier molecular flexibility index (Phi) is 5.39. The van der Waals surface area contributed by atoms with Crippen LogP contribution in [0.4, 0.5) is 5.69 Å². The molecule has 0 radical (unpaired) electrons. The molecule has 0 aliphatic heterocycles. The second-order valence-electron chi connectivity index (χ2n) is 6.25. The molecule has 28 heavy (non-hydrogen) atoms. The molecule has 2 aromatic carbocycles. The zero-order valence-electron chi connectivity index (χ0n) is 15.1. The molecular weight excluding hydrogens is 364 g/mol. The highest BCUT2D eigenvalue weighted by molar-refractivity contribution is 5.93. The molecule has 2 N–H and O–H groups in total. The smallest absolute Gasteiger partial charge is 0.336 e. The minimum absolute atomic E-state index is 0.0476. The van der Waals surface area contributed by atoms with Crippen molar-refractivity contribution < 1.29 is 18.9 Å². The van der Waals surface area contributed by atoms with Gasteiger partial charge in [-0.1, -0.05) is 13.3 Å². The number of rotatable bonds is 7. The summed E-state index contributed by atoms with van der Waals surface area (Å²) in [6, 6.07) is 10.5. The Hall–Kier alpha value is -3.68. The number of hydrogen-bond acceptors (Lipinski definition) is 6. The maximum absolute atomic E-state index is 11.8. The van der Waals surface area contributed by atoms with Crippen molar-refractivity contribution in [2.45, 2.75) is 26.4 Å². The standard InChI is InChI=1S/C20H18N2O6/c1-2-3-12-9-19(23)28-18-10-15(6-7-16(12)18)27-11-14-5-4-13(20(21)24)8-17(14)22(25)26/h4-10H,2-3,11H2,1H3,(H2,21,24). The second-order valence-corrected chi connectivity index (χ2v) is 6.25. The molecule has 0 aliphatic rings. The van der Waals surface area contributed by atoms with Gasteiger partial charge in [-0.3, -0.25) is 14.9 Å². The zero-order chi connectivity index (χ0) is 20.3. The summed E-state index contributed by atoms with van der Waals surface area (Å²) >= 11 is 0. The molecule has 8 heteroatoms. The van der Waals surface area contributed by atoms with E-state index >= 15 is 0 Å². The van der Waals surface area contributed by atoms with Crippen molar-refractivity contribution in [1.29, 1.82) is 0 Å². The molecule has 144 valence electrons. The molecular formula is C20H18N2O6. The Morgan fingerprint density at radius 3 is 2.64 bits per heavy atom. The summed E-state index contributed by atoms with van der Waals surface area (Å²) in [6.07, 6.45) is 1.64. The Morgan fingerprint density at radius 2 is 1.96 bits per heavy atom. The van der Waals surface area contributed by atoms with Gasteiger partial charge in [0, 0.05) is 29.1 Å². The highest BCUT2D eigenvalue weighted by Crippen LogP contribution is 2.26. The minimum atomic E-state index is -0.747. The van der Waals surface area contributed by atoms with Crippen LogP contribution in [0.1, 0.15) is 34.8 Å². The predicted octanol–water partition coefficient (Wildman–Crippen LogP) is 3.33. The first kappa shape index (κ1) is 19.1. The van der Waals surface area contributed by atoms with Gasteiger partial charge in [-0.2, -0.15) is 0 Å². The number of nitrogens with zero attached hydrogens (tertiary/aromatic N) is 1. The fourth-order valence-corrected chi connectivity index (χ4v) is 2.95. The first-order chi connectivity index (χ1) is 13.4. The fraction of sp³-hybridized carbons (Fsp3) is 0.200. The van der Waals surface area contributed by atoms with E-state index in [1.807, 2.05) is 6.92 Å². The molecule has 0 bridgehead atoms. The maximum atomic E-state index is 11.8. The van der Waals surface area contributed by atoms with E-state index in [2.05, 4.69) is 0 Å². The van der Waals surface area contributed by atoms with Crippen molar-refractivity contribution in [1.82, 2.24) is 0 Å². The van der Waals surface area contributed by atoms with Crippen LogP contribution in [0.2, 0.25) is 0 Å². The average molecular weight is 382 g/mol. The lowest BCUT2D eigenvalue weighted by Gasteiger charge is -2.09. The highest BCUT2D eigenvalue weighted by Gasteiger charge is 2.17. The molecule has 8 nitrogen and oxygen atoms in total. The lowest BCUT2D eigenvalue weighted by atomic mass is 10.1. The Bertz CT molecular complexity index is 1120. The summed E-state index contributed by atoms with van der Waals surface area (Å²) in [7, 11) is 0. The van der Waals surface area contributed by atoms with Crippen molar-refractivity contribution in [3.8, 4) is 5.75 Å². The third-order valence-electron chi connectivity index (χ3n) is 4.28. The number of fused-ring (bicyclic) bond motifs is 1. The number of ether oxygens (including phenoxy) is 1. The number of primary amides is 1. The Balaban J connectivity index is 1.89. The fourth-order valence-electron chi connectivity index (χ4n) is 2.95. The average Bonchev–Trinajstić information content (AvgIpc) is 2.65. The van der Waals surface area contributed by atoms with Crippen molar-refractivity contribution in [3.05, 3.63) is 79.7 Å². The third-order valence-corrected chi connectivity index (χ3v) is 4.28. The quantitative estimate of drug-likeness (QED) is 0.379. The van der Waals surface area contributed by atoms with E-state index in [4.69, 9.17) is 14.9 Å². The number of aryl methyl sites for hydroxylation is 1. The number of benzene rings is 2. The summed E-state index contributed by atoms with van der Waals surface area (Å²) in [5.41, 5.74) is 6.11. The number of nitro benzene ring substituents is 1. The number of hydrogen-bond donors (Lipinski definition) is 1. The van der Waals surface area contributed by atoms with Crippen LogP contribution in [0.15, 0.2) is 51.7 Å². The lowest BCUT2D eigenvalue weighted by Crippen LogP contribution is -2.12. The molecule has 0 saturated carbocycles. The van der Waals surface area contributed by atoms with Gasteiger partial charge in [0.2, 0.25) is 5.91 Å². The van der Waals surface area contributed by atoms with E-state index in [1.165, 1.54) is 18.2 Å². The van der Waals surface area contributed by atoms with Gasteiger partial charge < -0.3 is 14.9 Å². The lowest BCUT2D eigenvalue weighted by molar-refractivity contribution is -0.385. The molecule has 0 atom stereocenters. The van der Waals surface area contributed by atoms with Crippen LogP contribution in [0.25, 0.3) is 11.0 Å². The van der Waals surface area contributed by atoms with Crippen LogP contribution in [0.5, 0.6) is 5.75 Å². The molecule has 3 rings (SSSR count). The summed E-state index contributed by atoms with van der Waals surface area (Å²) in [5.74, 6) is -0.347. The van der Waals surface area contributed by atoms with Crippen molar-refractivity contribution in [2.75, 3.05) is 0 Å². The van der Waals surface area contributed by atoms with Crippen LogP contribution in [-0.2, 0) is 13.0 Å². The topological polar surface area (TPSA) is 126 Å². The van der Waals surface area contributed by atoms with E-state index < -0.39 is 16.5 Å². The number of nitrogens with two attached hydrogens (primary N) is 1. The molecule has 0 unspecified atom stereocenters. The van der Waals surface area contributed by atoms with Crippen molar-refractivity contribution >= 4 is 22.6 Å². The molecule has 1 heterocycles. The van der Waals surface area contributed by atoms with Gasteiger partial charge in [0.15, 0.2) is 0 Å². The second kappa shape index (κ2) is 7.91. The summed E-state index contributed by atoms with van der Waals surface area (Å²) in [4.78, 5) is 33.7. The largest absolute Gasteiger partial charge is 0.489 e. The molecule has 1 aromatic heterocycles. The molecule has 0 aliphatic carbocycles. The molecule has 0 fully saturated rings. The van der Waals surface area contributed by atoms with Gasteiger partial charge in [0.05, 0.1) is 10.5 Å². The highest BCUT2D eigenvalue weighted by atomic mass is 16.6. The summed E-state index contributed by atoms with van der Waals surface area (Å²) in [5, 5.41) is 12.1. The van der Waals surface area contributed by atoms with Crippen molar-refractivity contribution in [3.63, 3.8) is 0 Å². The van der Waals surface area contributed by atoms with Gasteiger partial charge in [-0.05, 0) is 36.2 Å². The van der Waals surface area contributed by atoms with E-state index in [0.717, 1.165) is 29.9 Å². The van der Waals surface area contributed by atoms with Gasteiger partial charge in [0.25, 0.3) is 5.69 Å².